The second-order valence-electron chi connectivity index (χ2n) is 5.71. The number of hydrogen-bond donors (Lipinski definition) is 2. The number of amides is 1. The molecule has 20 heavy (non-hydrogen) atoms. The largest absolute Gasteiger partial charge is 0.453 e. The van der Waals surface area contributed by atoms with E-state index in [-0.39, 0.29) is 5.41 Å². The van der Waals surface area contributed by atoms with Crippen molar-refractivity contribution >= 4 is 29.2 Å². The fourth-order valence-corrected chi connectivity index (χ4v) is 3.84. The Morgan fingerprint density at radius 2 is 2.15 bits per heavy atom. The number of carbonyl (C=O) groups is 1. The van der Waals surface area contributed by atoms with Crippen molar-refractivity contribution in [2.24, 2.45) is 5.41 Å². The zero-order chi connectivity index (χ0) is 14.6. The van der Waals surface area contributed by atoms with Crippen LogP contribution in [0.2, 0.25) is 0 Å². The van der Waals surface area contributed by atoms with Crippen LogP contribution in [0.3, 0.4) is 0 Å². The van der Waals surface area contributed by atoms with Crippen LogP contribution < -0.4 is 10.6 Å². The van der Waals surface area contributed by atoms with Crippen molar-refractivity contribution in [3.8, 4) is 0 Å². The molecule has 1 saturated heterocycles. The third-order valence-electron chi connectivity index (χ3n) is 3.75. The summed E-state index contributed by atoms with van der Waals surface area (Å²) in [5.41, 5.74) is 2.06. The normalized spacial score (nSPS) is 21.1. The number of nitrogens with one attached hydrogen (secondary N) is 2. The molecule has 1 atom stereocenters. The lowest BCUT2D eigenvalue weighted by Gasteiger charge is -2.39. The summed E-state index contributed by atoms with van der Waals surface area (Å²) >= 11 is 1.99. The first-order valence-electron chi connectivity index (χ1n) is 6.80. The van der Waals surface area contributed by atoms with Crippen LogP contribution in [0.5, 0.6) is 0 Å². The van der Waals surface area contributed by atoms with Crippen molar-refractivity contribution in [3.63, 3.8) is 0 Å². The number of ether oxygens (including phenoxy) is 1. The van der Waals surface area contributed by atoms with Gasteiger partial charge in [0.25, 0.3) is 0 Å². The molecule has 1 aromatic carbocycles. The summed E-state index contributed by atoms with van der Waals surface area (Å²) in [6.07, 6.45) is 0.769. The molecule has 110 valence electrons. The summed E-state index contributed by atoms with van der Waals surface area (Å²) in [7, 11) is 1.36. The first-order chi connectivity index (χ1) is 9.51. The maximum atomic E-state index is 11.2. The molecular formula is C15H22N2O2S. The van der Waals surface area contributed by atoms with Gasteiger partial charge in [0.05, 0.1) is 7.11 Å². The summed E-state index contributed by atoms with van der Waals surface area (Å²) < 4.78 is 4.60. The van der Waals surface area contributed by atoms with Crippen molar-refractivity contribution < 1.29 is 9.53 Å². The van der Waals surface area contributed by atoms with Crippen LogP contribution in [-0.2, 0) is 4.74 Å². The van der Waals surface area contributed by atoms with Crippen LogP contribution in [0.25, 0.3) is 0 Å². The molecule has 2 rings (SSSR count). The zero-order valence-electron chi connectivity index (χ0n) is 12.2. The lowest BCUT2D eigenvalue weighted by Crippen LogP contribution is -2.41. The molecule has 1 amide bonds. The van der Waals surface area contributed by atoms with Gasteiger partial charge in [-0.05, 0) is 35.8 Å². The van der Waals surface area contributed by atoms with Crippen molar-refractivity contribution in [2.45, 2.75) is 26.3 Å². The number of rotatable bonds is 3. The van der Waals surface area contributed by atoms with Gasteiger partial charge in [-0.15, -0.1) is 0 Å². The molecule has 1 fully saturated rings. The highest BCUT2D eigenvalue weighted by Gasteiger charge is 2.32. The predicted molar refractivity (Wildman–Crippen MR) is 85.6 cm³/mol. The van der Waals surface area contributed by atoms with E-state index in [1.807, 2.05) is 36.0 Å². The average molecular weight is 294 g/mol. The fraction of sp³-hybridized carbons (Fsp3) is 0.533. The van der Waals surface area contributed by atoms with Gasteiger partial charge in [-0.1, -0.05) is 19.9 Å². The molecule has 1 aromatic rings. The van der Waals surface area contributed by atoms with Crippen LogP contribution in [0.15, 0.2) is 24.3 Å². The molecule has 0 aliphatic carbocycles. The Bertz CT molecular complexity index is 477. The Morgan fingerprint density at radius 3 is 2.85 bits per heavy atom. The third-order valence-corrected chi connectivity index (χ3v) is 4.82. The minimum Gasteiger partial charge on any atom is -0.453 e. The highest BCUT2D eigenvalue weighted by atomic mass is 32.2. The SMILES string of the molecule is COC(=O)Nc1cccc(NC2CSCCC2(C)C)c1. The van der Waals surface area contributed by atoms with Gasteiger partial charge in [-0.3, -0.25) is 5.32 Å². The number of anilines is 2. The topological polar surface area (TPSA) is 50.4 Å². The third kappa shape index (κ3) is 3.82. The monoisotopic (exact) mass is 294 g/mol. The smallest absolute Gasteiger partial charge is 0.411 e. The summed E-state index contributed by atoms with van der Waals surface area (Å²) in [6, 6.07) is 8.18. The highest BCUT2D eigenvalue weighted by molar-refractivity contribution is 7.99. The lowest BCUT2D eigenvalue weighted by atomic mass is 9.82. The van der Waals surface area contributed by atoms with Crippen LogP contribution in [-0.4, -0.2) is 30.8 Å². The van der Waals surface area contributed by atoms with Gasteiger partial charge in [-0.2, -0.15) is 11.8 Å². The van der Waals surface area contributed by atoms with Gasteiger partial charge in [-0.25, -0.2) is 4.79 Å². The number of carbonyl (C=O) groups excluding carboxylic acids is 1. The molecule has 1 unspecified atom stereocenters. The molecule has 0 saturated carbocycles. The van der Waals surface area contributed by atoms with E-state index < -0.39 is 6.09 Å². The molecule has 1 aliphatic heterocycles. The highest BCUT2D eigenvalue weighted by Crippen LogP contribution is 2.36. The van der Waals surface area contributed by atoms with Crippen LogP contribution in [0.1, 0.15) is 20.3 Å². The summed E-state index contributed by atoms with van der Waals surface area (Å²) in [5.74, 6) is 2.34. The molecule has 2 N–H and O–H groups in total. The van der Waals surface area contributed by atoms with E-state index in [2.05, 4.69) is 29.2 Å². The van der Waals surface area contributed by atoms with E-state index >= 15 is 0 Å². The maximum Gasteiger partial charge on any atom is 0.411 e. The molecule has 0 bridgehead atoms. The van der Waals surface area contributed by atoms with Crippen LogP contribution in [0.4, 0.5) is 16.2 Å². The van der Waals surface area contributed by atoms with Gasteiger partial charge < -0.3 is 10.1 Å². The van der Waals surface area contributed by atoms with E-state index in [0.717, 1.165) is 17.1 Å². The second-order valence-corrected chi connectivity index (χ2v) is 6.86. The minimum atomic E-state index is -0.448. The number of thioether (sulfide) groups is 1. The molecule has 0 radical (unpaired) electrons. The van der Waals surface area contributed by atoms with E-state index in [4.69, 9.17) is 0 Å². The zero-order valence-corrected chi connectivity index (χ0v) is 13.0. The Balaban J connectivity index is 2.05. The van der Waals surface area contributed by atoms with E-state index in [1.54, 1.807) is 0 Å². The van der Waals surface area contributed by atoms with Gasteiger partial charge >= 0.3 is 6.09 Å². The van der Waals surface area contributed by atoms with E-state index in [0.29, 0.717) is 6.04 Å². The minimum absolute atomic E-state index is 0.289. The van der Waals surface area contributed by atoms with Gasteiger partial charge in [0.15, 0.2) is 0 Å². The quantitative estimate of drug-likeness (QED) is 0.890. The first kappa shape index (κ1) is 15.0. The van der Waals surface area contributed by atoms with Crippen LogP contribution >= 0.6 is 11.8 Å². The van der Waals surface area contributed by atoms with Crippen LogP contribution in [0, 0.1) is 5.41 Å². The molecule has 5 heteroatoms. The fourth-order valence-electron chi connectivity index (χ4n) is 2.23. The first-order valence-corrected chi connectivity index (χ1v) is 7.96. The Morgan fingerprint density at radius 1 is 1.40 bits per heavy atom. The molecule has 1 aliphatic rings. The Hall–Kier alpha value is -1.36. The Kier molecular flexibility index (Phi) is 4.81. The molecule has 4 nitrogen and oxygen atoms in total. The van der Waals surface area contributed by atoms with Crippen molar-refractivity contribution in [2.75, 3.05) is 29.2 Å². The standard InChI is InChI=1S/C15H22N2O2S/c1-15(2)7-8-20-10-13(15)16-11-5-4-6-12(9-11)17-14(18)19-3/h4-6,9,13,16H,7-8,10H2,1-3H3,(H,17,18). The second kappa shape index (κ2) is 6.39. The maximum absolute atomic E-state index is 11.2. The summed E-state index contributed by atoms with van der Waals surface area (Å²) in [5, 5.41) is 6.27. The van der Waals surface area contributed by atoms with Gasteiger partial charge in [0, 0.05) is 23.2 Å². The summed E-state index contributed by atoms with van der Waals surface area (Å²) in [6.45, 7) is 4.61. The lowest BCUT2D eigenvalue weighted by molar-refractivity contribution is 0.187. The van der Waals surface area contributed by atoms with E-state index in [9.17, 15) is 4.79 Å². The average Bonchev–Trinajstić information content (AvgIpc) is 2.41. The van der Waals surface area contributed by atoms with Crippen molar-refractivity contribution in [1.29, 1.82) is 0 Å². The Labute approximate surface area is 124 Å². The van der Waals surface area contributed by atoms with Gasteiger partial charge in [0.2, 0.25) is 0 Å². The van der Waals surface area contributed by atoms with Crippen molar-refractivity contribution in [1.82, 2.24) is 0 Å². The van der Waals surface area contributed by atoms with Crippen molar-refractivity contribution in [3.05, 3.63) is 24.3 Å². The number of methoxy groups -OCH3 is 1. The number of benzene rings is 1. The molecular weight excluding hydrogens is 272 g/mol. The number of hydrogen-bond acceptors (Lipinski definition) is 4. The summed E-state index contributed by atoms with van der Waals surface area (Å²) in [4.78, 5) is 11.2. The molecule has 1 heterocycles. The molecule has 0 aromatic heterocycles. The predicted octanol–water partition coefficient (Wildman–Crippen LogP) is 3.81. The van der Waals surface area contributed by atoms with E-state index in [1.165, 1.54) is 19.3 Å². The van der Waals surface area contributed by atoms with Gasteiger partial charge in [0.1, 0.15) is 0 Å². The molecule has 0 spiro atoms.